The van der Waals surface area contributed by atoms with Crippen LogP contribution in [0.3, 0.4) is 0 Å². The second kappa shape index (κ2) is 6.38. The quantitative estimate of drug-likeness (QED) is 0.546. The van der Waals surface area contributed by atoms with Gasteiger partial charge in [-0.1, -0.05) is 12.2 Å². The summed E-state index contributed by atoms with van der Waals surface area (Å²) in [5.74, 6) is 0. The summed E-state index contributed by atoms with van der Waals surface area (Å²) < 4.78 is 0. The SMILES string of the molecule is CNCCC=CCc1ccncc1. The molecule has 1 N–H and O–H groups in total. The minimum atomic E-state index is 1.01. The molecule has 70 valence electrons. The van der Waals surface area contributed by atoms with E-state index in [0.717, 1.165) is 19.4 Å². The third kappa shape index (κ3) is 4.43. The second-order valence-electron chi connectivity index (χ2n) is 2.92. The lowest BCUT2D eigenvalue weighted by Crippen LogP contribution is -2.05. The zero-order valence-corrected chi connectivity index (χ0v) is 8.03. The van der Waals surface area contributed by atoms with Gasteiger partial charge in [0.05, 0.1) is 0 Å². The van der Waals surface area contributed by atoms with Gasteiger partial charge >= 0.3 is 0 Å². The van der Waals surface area contributed by atoms with E-state index in [0.29, 0.717) is 0 Å². The predicted molar refractivity (Wildman–Crippen MR) is 55.6 cm³/mol. The van der Waals surface area contributed by atoms with E-state index in [-0.39, 0.29) is 0 Å². The van der Waals surface area contributed by atoms with Crippen LogP contribution in [0.25, 0.3) is 0 Å². The average Bonchev–Trinajstić information content (AvgIpc) is 2.19. The largest absolute Gasteiger partial charge is 0.319 e. The summed E-state index contributed by atoms with van der Waals surface area (Å²) >= 11 is 0. The zero-order chi connectivity index (χ0) is 9.36. The van der Waals surface area contributed by atoms with Crippen LogP contribution in [-0.4, -0.2) is 18.6 Å². The summed E-state index contributed by atoms with van der Waals surface area (Å²) in [6, 6.07) is 4.09. The van der Waals surface area contributed by atoms with Crippen LogP contribution >= 0.6 is 0 Å². The maximum atomic E-state index is 3.97. The van der Waals surface area contributed by atoms with Gasteiger partial charge < -0.3 is 5.32 Å². The molecule has 0 aromatic carbocycles. The molecule has 2 nitrogen and oxygen atoms in total. The number of allylic oxidation sites excluding steroid dienone is 1. The third-order valence-corrected chi connectivity index (χ3v) is 1.83. The highest BCUT2D eigenvalue weighted by Gasteiger charge is 1.85. The van der Waals surface area contributed by atoms with Crippen molar-refractivity contribution < 1.29 is 0 Å². The maximum absolute atomic E-state index is 3.97. The van der Waals surface area contributed by atoms with Gasteiger partial charge in [-0.3, -0.25) is 4.98 Å². The molecule has 0 saturated carbocycles. The van der Waals surface area contributed by atoms with Gasteiger partial charge in [0.1, 0.15) is 0 Å². The normalized spacial score (nSPS) is 10.8. The van der Waals surface area contributed by atoms with Crippen LogP contribution in [0.5, 0.6) is 0 Å². The monoisotopic (exact) mass is 176 g/mol. The van der Waals surface area contributed by atoms with Gasteiger partial charge in [0, 0.05) is 12.4 Å². The smallest absolute Gasteiger partial charge is 0.0270 e. The first-order valence-electron chi connectivity index (χ1n) is 4.62. The highest BCUT2D eigenvalue weighted by molar-refractivity contribution is 5.13. The van der Waals surface area contributed by atoms with Crippen LogP contribution in [0, 0.1) is 0 Å². The van der Waals surface area contributed by atoms with E-state index in [1.807, 2.05) is 31.6 Å². The van der Waals surface area contributed by atoms with E-state index in [4.69, 9.17) is 0 Å². The second-order valence-corrected chi connectivity index (χ2v) is 2.92. The molecule has 0 unspecified atom stereocenters. The molecule has 0 amide bonds. The van der Waals surface area contributed by atoms with Gasteiger partial charge in [0.2, 0.25) is 0 Å². The summed E-state index contributed by atoms with van der Waals surface area (Å²) in [7, 11) is 1.97. The van der Waals surface area contributed by atoms with Crippen LogP contribution in [0.2, 0.25) is 0 Å². The molecular weight excluding hydrogens is 160 g/mol. The lowest BCUT2D eigenvalue weighted by Gasteiger charge is -1.94. The zero-order valence-electron chi connectivity index (χ0n) is 8.03. The Labute approximate surface area is 79.7 Å². The molecule has 1 aromatic rings. The van der Waals surface area contributed by atoms with Crippen LogP contribution in [0.15, 0.2) is 36.7 Å². The van der Waals surface area contributed by atoms with Crippen molar-refractivity contribution in [1.29, 1.82) is 0 Å². The Morgan fingerprint density at radius 3 is 2.77 bits per heavy atom. The summed E-state index contributed by atoms with van der Waals surface area (Å²) in [6.07, 6.45) is 10.2. The first kappa shape index (κ1) is 9.93. The van der Waals surface area contributed by atoms with Crippen molar-refractivity contribution >= 4 is 0 Å². The van der Waals surface area contributed by atoms with E-state index in [1.165, 1.54) is 5.56 Å². The molecule has 2 heteroatoms. The molecule has 0 saturated heterocycles. The lowest BCUT2D eigenvalue weighted by atomic mass is 10.2. The van der Waals surface area contributed by atoms with Crippen LogP contribution in [0.1, 0.15) is 12.0 Å². The molecule has 1 aromatic heterocycles. The molecule has 0 spiro atoms. The van der Waals surface area contributed by atoms with E-state index in [9.17, 15) is 0 Å². The number of rotatable bonds is 5. The summed E-state index contributed by atoms with van der Waals surface area (Å²) in [5.41, 5.74) is 1.32. The fourth-order valence-electron chi connectivity index (χ4n) is 1.08. The fraction of sp³-hybridized carbons (Fsp3) is 0.364. The molecule has 0 aliphatic carbocycles. The first-order chi connectivity index (χ1) is 6.43. The Morgan fingerprint density at radius 1 is 1.31 bits per heavy atom. The number of nitrogens with one attached hydrogen (secondary N) is 1. The molecule has 1 heterocycles. The molecule has 0 aliphatic rings. The summed E-state index contributed by atoms with van der Waals surface area (Å²) in [5, 5.41) is 3.11. The van der Waals surface area contributed by atoms with Gasteiger partial charge in [-0.25, -0.2) is 0 Å². The van der Waals surface area contributed by atoms with E-state index in [1.54, 1.807) is 0 Å². The first-order valence-corrected chi connectivity index (χ1v) is 4.62. The minimum absolute atomic E-state index is 1.01. The van der Waals surface area contributed by atoms with Crippen molar-refractivity contribution in [1.82, 2.24) is 10.3 Å². The van der Waals surface area contributed by atoms with E-state index in [2.05, 4.69) is 22.5 Å². The van der Waals surface area contributed by atoms with Crippen molar-refractivity contribution in [3.63, 3.8) is 0 Å². The van der Waals surface area contributed by atoms with Gasteiger partial charge in [0.15, 0.2) is 0 Å². The van der Waals surface area contributed by atoms with E-state index >= 15 is 0 Å². The Balaban J connectivity index is 2.23. The van der Waals surface area contributed by atoms with Crippen molar-refractivity contribution in [2.45, 2.75) is 12.8 Å². The highest BCUT2D eigenvalue weighted by atomic mass is 14.8. The number of aromatic nitrogens is 1. The molecule has 13 heavy (non-hydrogen) atoms. The Kier molecular flexibility index (Phi) is 4.87. The van der Waals surface area contributed by atoms with Crippen molar-refractivity contribution in [3.8, 4) is 0 Å². The molecule has 1 rings (SSSR count). The molecule has 0 radical (unpaired) electrons. The number of nitrogens with zero attached hydrogens (tertiary/aromatic N) is 1. The number of hydrogen-bond acceptors (Lipinski definition) is 2. The third-order valence-electron chi connectivity index (χ3n) is 1.83. The van der Waals surface area contributed by atoms with E-state index < -0.39 is 0 Å². The fourth-order valence-corrected chi connectivity index (χ4v) is 1.08. The average molecular weight is 176 g/mol. The van der Waals surface area contributed by atoms with Gasteiger partial charge in [-0.15, -0.1) is 0 Å². The summed E-state index contributed by atoms with van der Waals surface area (Å²) in [4.78, 5) is 3.97. The lowest BCUT2D eigenvalue weighted by molar-refractivity contribution is 0.806. The molecule has 0 atom stereocenters. The molecular formula is C11H16N2. The topological polar surface area (TPSA) is 24.9 Å². The van der Waals surface area contributed by atoms with Crippen LogP contribution < -0.4 is 5.32 Å². The van der Waals surface area contributed by atoms with Gasteiger partial charge in [-0.05, 0) is 44.1 Å². The van der Waals surface area contributed by atoms with Crippen molar-refractivity contribution in [2.24, 2.45) is 0 Å². The predicted octanol–water partition coefficient (Wildman–Crippen LogP) is 1.79. The summed E-state index contributed by atoms with van der Waals surface area (Å²) in [6.45, 7) is 1.05. The minimum Gasteiger partial charge on any atom is -0.319 e. The van der Waals surface area contributed by atoms with Crippen molar-refractivity contribution in [2.75, 3.05) is 13.6 Å². The van der Waals surface area contributed by atoms with Crippen LogP contribution in [0.4, 0.5) is 0 Å². The van der Waals surface area contributed by atoms with Crippen LogP contribution in [-0.2, 0) is 6.42 Å². The molecule has 0 fully saturated rings. The Morgan fingerprint density at radius 2 is 2.08 bits per heavy atom. The van der Waals surface area contributed by atoms with Gasteiger partial charge in [0.25, 0.3) is 0 Å². The standard InChI is InChI=1S/C11H16N2/c1-12-8-4-2-3-5-11-6-9-13-10-7-11/h2-3,6-7,9-10,12H,4-5,8H2,1H3. The number of hydrogen-bond donors (Lipinski definition) is 1. The highest BCUT2D eigenvalue weighted by Crippen LogP contribution is 1.98. The Hall–Kier alpha value is -1.15. The molecule has 0 aliphatic heterocycles. The molecule has 0 bridgehead atoms. The number of pyridine rings is 1. The Bertz CT molecular complexity index is 242. The van der Waals surface area contributed by atoms with Crippen molar-refractivity contribution in [3.05, 3.63) is 42.2 Å². The maximum Gasteiger partial charge on any atom is 0.0270 e. The van der Waals surface area contributed by atoms with Gasteiger partial charge in [-0.2, -0.15) is 0 Å².